The number of nitrogens with one attached hydrogen (secondary N) is 1. The molecule has 1 aliphatic heterocycles. The zero-order valence-corrected chi connectivity index (χ0v) is 16.4. The van der Waals surface area contributed by atoms with Gasteiger partial charge in [-0.1, -0.05) is 30.3 Å². The standard InChI is InChI=1S/C20H18N2O4S2/c23-17-9-7-16(8-10-17)21-20(24)18-12-14-4-1-2-5-15(14)13-22(18)28(25,26)19-6-3-11-27-19/h1-11,18,23H,12-13H2,(H,21,24). The first kappa shape index (κ1) is 18.7. The number of phenolic OH excluding ortho intramolecular Hbond substituents is 1. The number of thiophene rings is 1. The van der Waals surface area contributed by atoms with Gasteiger partial charge in [0.05, 0.1) is 0 Å². The summed E-state index contributed by atoms with van der Waals surface area (Å²) in [6.45, 7) is 0.143. The Kier molecular flexibility index (Phi) is 4.92. The van der Waals surface area contributed by atoms with Gasteiger partial charge in [0, 0.05) is 12.2 Å². The maximum atomic E-state index is 13.2. The Labute approximate surface area is 167 Å². The Hall–Kier alpha value is -2.68. The molecule has 3 aromatic rings. The lowest BCUT2D eigenvalue weighted by Gasteiger charge is -2.34. The van der Waals surface area contributed by atoms with E-state index in [0.29, 0.717) is 12.1 Å². The summed E-state index contributed by atoms with van der Waals surface area (Å²) in [6, 6.07) is 16.0. The molecule has 2 heterocycles. The van der Waals surface area contributed by atoms with Crippen LogP contribution in [0.2, 0.25) is 0 Å². The van der Waals surface area contributed by atoms with E-state index < -0.39 is 22.0 Å². The van der Waals surface area contributed by atoms with Crippen molar-refractivity contribution in [2.24, 2.45) is 0 Å². The van der Waals surface area contributed by atoms with Crippen LogP contribution < -0.4 is 5.32 Å². The van der Waals surface area contributed by atoms with Crippen molar-refractivity contribution in [3.8, 4) is 5.75 Å². The first-order valence-corrected chi connectivity index (χ1v) is 11.0. The minimum absolute atomic E-state index is 0.0893. The van der Waals surface area contributed by atoms with Gasteiger partial charge in [0.25, 0.3) is 10.0 Å². The molecule has 144 valence electrons. The third kappa shape index (κ3) is 3.54. The van der Waals surface area contributed by atoms with Gasteiger partial charge in [0.2, 0.25) is 5.91 Å². The third-order valence-electron chi connectivity index (χ3n) is 4.70. The first-order valence-electron chi connectivity index (χ1n) is 8.67. The minimum Gasteiger partial charge on any atom is -0.508 e. The van der Waals surface area contributed by atoms with Crippen LogP contribution in [0.5, 0.6) is 5.75 Å². The van der Waals surface area contributed by atoms with E-state index in [2.05, 4.69) is 5.32 Å². The summed E-state index contributed by atoms with van der Waals surface area (Å²) in [5, 5.41) is 13.9. The predicted molar refractivity (Wildman–Crippen MR) is 108 cm³/mol. The van der Waals surface area contributed by atoms with Crippen molar-refractivity contribution in [3.63, 3.8) is 0 Å². The van der Waals surface area contributed by atoms with Gasteiger partial charge in [-0.25, -0.2) is 8.42 Å². The summed E-state index contributed by atoms with van der Waals surface area (Å²) in [7, 11) is -3.80. The van der Waals surface area contributed by atoms with E-state index in [1.807, 2.05) is 24.3 Å². The minimum atomic E-state index is -3.80. The van der Waals surface area contributed by atoms with Crippen LogP contribution in [0.25, 0.3) is 0 Å². The normalized spacial score (nSPS) is 17.1. The van der Waals surface area contributed by atoms with E-state index in [0.717, 1.165) is 22.5 Å². The van der Waals surface area contributed by atoms with E-state index in [4.69, 9.17) is 0 Å². The van der Waals surface area contributed by atoms with Gasteiger partial charge in [-0.05, 0) is 53.3 Å². The van der Waals surface area contributed by atoms with Crippen molar-refractivity contribution in [1.82, 2.24) is 4.31 Å². The van der Waals surface area contributed by atoms with E-state index in [9.17, 15) is 18.3 Å². The van der Waals surface area contributed by atoms with Gasteiger partial charge >= 0.3 is 0 Å². The molecule has 0 saturated carbocycles. The molecule has 4 rings (SSSR count). The fourth-order valence-electron chi connectivity index (χ4n) is 3.27. The van der Waals surface area contributed by atoms with E-state index in [1.54, 1.807) is 29.6 Å². The van der Waals surface area contributed by atoms with E-state index >= 15 is 0 Å². The molecule has 0 radical (unpaired) electrons. The number of sulfonamides is 1. The Morgan fingerprint density at radius 2 is 1.75 bits per heavy atom. The molecule has 28 heavy (non-hydrogen) atoms. The number of phenols is 1. The molecule has 0 spiro atoms. The number of fused-ring (bicyclic) bond motifs is 1. The largest absolute Gasteiger partial charge is 0.508 e. The second kappa shape index (κ2) is 7.38. The average molecular weight is 415 g/mol. The molecule has 2 aromatic carbocycles. The zero-order valence-electron chi connectivity index (χ0n) is 14.8. The number of aromatic hydroxyl groups is 1. The summed E-state index contributed by atoms with van der Waals surface area (Å²) in [6.07, 6.45) is 0.296. The van der Waals surface area contributed by atoms with Gasteiger partial charge in [0.1, 0.15) is 16.0 Å². The first-order chi connectivity index (χ1) is 13.4. The molecule has 0 fully saturated rings. The number of anilines is 1. The topological polar surface area (TPSA) is 86.7 Å². The molecular formula is C20H18N2O4S2. The van der Waals surface area contributed by atoms with Crippen LogP contribution in [0.3, 0.4) is 0 Å². The van der Waals surface area contributed by atoms with Crippen molar-refractivity contribution in [2.75, 3.05) is 5.32 Å². The van der Waals surface area contributed by atoms with Gasteiger partial charge in [-0.15, -0.1) is 11.3 Å². The molecule has 6 nitrogen and oxygen atoms in total. The predicted octanol–water partition coefficient (Wildman–Crippen LogP) is 3.21. The van der Waals surface area contributed by atoms with Crippen LogP contribution in [-0.2, 0) is 27.8 Å². The fraction of sp³-hybridized carbons (Fsp3) is 0.150. The Balaban J connectivity index is 1.69. The van der Waals surface area contributed by atoms with Gasteiger partial charge in [-0.3, -0.25) is 4.79 Å². The van der Waals surface area contributed by atoms with E-state index in [-0.39, 0.29) is 16.5 Å². The monoisotopic (exact) mass is 414 g/mol. The summed E-state index contributed by atoms with van der Waals surface area (Å²) >= 11 is 1.14. The number of hydrogen-bond acceptors (Lipinski definition) is 5. The van der Waals surface area contributed by atoms with Crippen LogP contribution in [0.15, 0.2) is 70.3 Å². The van der Waals surface area contributed by atoms with E-state index in [1.165, 1.54) is 16.4 Å². The number of benzene rings is 2. The molecule has 8 heteroatoms. The quantitative estimate of drug-likeness (QED) is 0.642. The average Bonchev–Trinajstić information content (AvgIpc) is 3.24. The second-order valence-electron chi connectivity index (χ2n) is 6.51. The summed E-state index contributed by atoms with van der Waals surface area (Å²) < 4.78 is 27.9. The van der Waals surface area contributed by atoms with Gasteiger partial charge in [-0.2, -0.15) is 4.31 Å². The third-order valence-corrected chi connectivity index (χ3v) is 7.93. The number of rotatable bonds is 4. The summed E-state index contributed by atoms with van der Waals surface area (Å²) in [5.41, 5.74) is 2.36. The maximum Gasteiger partial charge on any atom is 0.253 e. The highest BCUT2D eigenvalue weighted by molar-refractivity contribution is 7.91. The van der Waals surface area contributed by atoms with Crippen molar-refractivity contribution in [2.45, 2.75) is 23.2 Å². The molecule has 2 N–H and O–H groups in total. The van der Waals surface area contributed by atoms with Crippen molar-refractivity contribution >= 4 is 33.0 Å². The molecule has 0 saturated heterocycles. The van der Waals surface area contributed by atoms with Gasteiger partial charge in [0.15, 0.2) is 0 Å². The molecule has 1 aromatic heterocycles. The summed E-state index contributed by atoms with van der Waals surface area (Å²) in [5.74, 6) is -0.313. The lowest BCUT2D eigenvalue weighted by atomic mass is 9.95. The van der Waals surface area contributed by atoms with Crippen LogP contribution in [0.4, 0.5) is 5.69 Å². The lowest BCUT2D eigenvalue weighted by Crippen LogP contribution is -2.50. The highest BCUT2D eigenvalue weighted by Crippen LogP contribution is 2.31. The molecule has 1 amide bonds. The Morgan fingerprint density at radius 3 is 2.43 bits per heavy atom. The smallest absolute Gasteiger partial charge is 0.253 e. The van der Waals surface area contributed by atoms with Crippen molar-refractivity contribution < 1.29 is 18.3 Å². The fourth-order valence-corrected chi connectivity index (χ4v) is 5.96. The zero-order chi connectivity index (χ0) is 19.7. The molecule has 0 bridgehead atoms. The Morgan fingerprint density at radius 1 is 1.04 bits per heavy atom. The lowest BCUT2D eigenvalue weighted by molar-refractivity contribution is -0.120. The van der Waals surface area contributed by atoms with Crippen LogP contribution in [-0.4, -0.2) is 29.8 Å². The molecular weight excluding hydrogens is 396 g/mol. The number of amides is 1. The van der Waals surface area contributed by atoms with Crippen molar-refractivity contribution in [1.29, 1.82) is 0 Å². The van der Waals surface area contributed by atoms with Crippen molar-refractivity contribution in [3.05, 3.63) is 77.2 Å². The SMILES string of the molecule is O=C(Nc1ccc(O)cc1)C1Cc2ccccc2CN1S(=O)(=O)c1cccs1. The van der Waals surface area contributed by atoms with Crippen LogP contribution in [0, 0.1) is 0 Å². The summed E-state index contributed by atoms with van der Waals surface area (Å²) in [4.78, 5) is 13.0. The number of nitrogens with zero attached hydrogens (tertiary/aromatic N) is 1. The molecule has 0 aliphatic carbocycles. The Bertz CT molecular complexity index is 1090. The number of carbonyl (C=O) groups is 1. The van der Waals surface area contributed by atoms with Gasteiger partial charge < -0.3 is 10.4 Å². The molecule has 1 unspecified atom stereocenters. The highest BCUT2D eigenvalue weighted by atomic mass is 32.2. The molecule has 1 atom stereocenters. The highest BCUT2D eigenvalue weighted by Gasteiger charge is 2.40. The number of hydrogen-bond donors (Lipinski definition) is 2. The van der Waals surface area contributed by atoms with Crippen LogP contribution in [0.1, 0.15) is 11.1 Å². The maximum absolute atomic E-state index is 13.2. The molecule has 1 aliphatic rings. The number of carbonyl (C=O) groups excluding carboxylic acids is 1. The second-order valence-corrected chi connectivity index (χ2v) is 9.57. The van der Waals surface area contributed by atoms with Crippen LogP contribution >= 0.6 is 11.3 Å².